The lowest BCUT2D eigenvalue weighted by molar-refractivity contribution is -0.166. The maximum atomic E-state index is 13.8. The maximum Gasteiger partial charge on any atom is 0.270 e. The number of hydrogen-bond donors (Lipinski definition) is 1. The first-order chi connectivity index (χ1) is 16.4. The molecule has 2 aliphatic heterocycles. The van der Waals surface area contributed by atoms with Gasteiger partial charge in [0.1, 0.15) is 17.9 Å². The Morgan fingerprint density at radius 2 is 1.89 bits per heavy atom. The van der Waals surface area contributed by atoms with Crippen molar-refractivity contribution in [3.8, 4) is 0 Å². The number of carbonyl (C=O) groups is 3. The number of benzene rings is 1. The molecule has 1 spiro atoms. The Morgan fingerprint density at radius 3 is 2.49 bits per heavy atom. The molecule has 0 saturated carbocycles. The maximum absolute atomic E-state index is 13.8. The van der Waals surface area contributed by atoms with Crippen LogP contribution in [0.3, 0.4) is 0 Å². The van der Waals surface area contributed by atoms with E-state index in [4.69, 9.17) is 5.73 Å². The summed E-state index contributed by atoms with van der Waals surface area (Å²) in [6, 6.07) is 8.75. The summed E-state index contributed by atoms with van der Waals surface area (Å²) in [5, 5.41) is 0. The lowest BCUT2D eigenvalue weighted by Gasteiger charge is -2.48. The van der Waals surface area contributed by atoms with E-state index < -0.39 is 17.4 Å². The topological polar surface area (TPSA) is 99.8 Å². The third-order valence-electron chi connectivity index (χ3n) is 6.81. The van der Waals surface area contributed by atoms with Crippen molar-refractivity contribution in [1.29, 1.82) is 0 Å². The van der Waals surface area contributed by atoms with Crippen molar-refractivity contribution >= 4 is 23.5 Å². The molecular formula is C25H29F2N5O3. The highest BCUT2D eigenvalue weighted by Gasteiger charge is 2.56. The van der Waals surface area contributed by atoms with Crippen molar-refractivity contribution in [3.63, 3.8) is 0 Å². The average Bonchev–Trinajstić information content (AvgIpc) is 3.25. The van der Waals surface area contributed by atoms with Crippen LogP contribution in [0.2, 0.25) is 0 Å². The van der Waals surface area contributed by atoms with Crippen molar-refractivity contribution in [3.05, 3.63) is 59.3 Å². The van der Waals surface area contributed by atoms with Gasteiger partial charge in [-0.2, -0.15) is 0 Å². The third-order valence-corrected chi connectivity index (χ3v) is 6.81. The Bertz CT molecular complexity index is 1150. The highest BCUT2D eigenvalue weighted by atomic mass is 19.3. The van der Waals surface area contributed by atoms with Crippen LogP contribution in [0.1, 0.15) is 48.7 Å². The number of rotatable bonds is 6. The van der Waals surface area contributed by atoms with E-state index >= 15 is 0 Å². The van der Waals surface area contributed by atoms with Crippen LogP contribution in [0.25, 0.3) is 0 Å². The Labute approximate surface area is 202 Å². The predicted molar refractivity (Wildman–Crippen MR) is 126 cm³/mol. The molecule has 2 saturated heterocycles. The van der Waals surface area contributed by atoms with E-state index in [2.05, 4.69) is 4.98 Å². The van der Waals surface area contributed by atoms with Crippen molar-refractivity contribution in [1.82, 2.24) is 14.8 Å². The number of amides is 3. The van der Waals surface area contributed by atoms with Gasteiger partial charge in [0.25, 0.3) is 11.8 Å². The minimum absolute atomic E-state index is 0.0429. The number of piperazine rings is 1. The van der Waals surface area contributed by atoms with Crippen molar-refractivity contribution in [2.45, 2.75) is 51.2 Å². The highest BCUT2D eigenvalue weighted by Crippen LogP contribution is 2.37. The van der Waals surface area contributed by atoms with Crippen molar-refractivity contribution < 1.29 is 23.2 Å². The van der Waals surface area contributed by atoms with Gasteiger partial charge in [-0.25, -0.2) is 13.8 Å². The minimum Gasteiger partial charge on any atom is -0.366 e. The average molecular weight is 486 g/mol. The molecule has 1 unspecified atom stereocenters. The van der Waals surface area contributed by atoms with Gasteiger partial charge in [-0.1, -0.05) is 24.3 Å². The van der Waals surface area contributed by atoms with E-state index in [0.717, 1.165) is 6.92 Å². The molecule has 2 N–H and O–H groups in total. The Hall–Kier alpha value is -3.56. The zero-order valence-electron chi connectivity index (χ0n) is 20.0. The van der Waals surface area contributed by atoms with E-state index in [1.54, 1.807) is 28.0 Å². The second kappa shape index (κ2) is 8.90. The first kappa shape index (κ1) is 24.6. The predicted octanol–water partition coefficient (Wildman–Crippen LogP) is 2.52. The van der Waals surface area contributed by atoms with Gasteiger partial charge in [0.15, 0.2) is 0 Å². The fraction of sp³-hybridized carbons (Fsp3) is 0.440. The molecule has 10 heteroatoms. The molecule has 2 fully saturated rings. The van der Waals surface area contributed by atoms with Crippen LogP contribution in [-0.2, 0) is 22.1 Å². The number of alkyl halides is 2. The van der Waals surface area contributed by atoms with E-state index in [9.17, 15) is 23.2 Å². The molecule has 1 aromatic carbocycles. The molecule has 186 valence electrons. The van der Waals surface area contributed by atoms with Gasteiger partial charge in [0.2, 0.25) is 11.8 Å². The molecule has 1 aromatic heterocycles. The van der Waals surface area contributed by atoms with Gasteiger partial charge in [-0.3, -0.25) is 14.4 Å². The molecule has 0 radical (unpaired) electrons. The summed E-state index contributed by atoms with van der Waals surface area (Å²) < 4.78 is 27.3. The van der Waals surface area contributed by atoms with Gasteiger partial charge < -0.3 is 20.4 Å². The summed E-state index contributed by atoms with van der Waals surface area (Å²) in [7, 11) is 0. The molecule has 35 heavy (non-hydrogen) atoms. The van der Waals surface area contributed by atoms with Gasteiger partial charge in [-0.05, 0) is 38.0 Å². The summed E-state index contributed by atoms with van der Waals surface area (Å²) in [5.74, 6) is -3.41. The fourth-order valence-electron chi connectivity index (χ4n) is 4.80. The van der Waals surface area contributed by atoms with Crippen molar-refractivity contribution in [2.75, 3.05) is 24.5 Å². The van der Waals surface area contributed by atoms with Crippen LogP contribution in [0.4, 0.5) is 14.6 Å². The summed E-state index contributed by atoms with van der Waals surface area (Å²) in [5.41, 5.74) is 5.11. The summed E-state index contributed by atoms with van der Waals surface area (Å²) in [4.78, 5) is 48.1. The fourth-order valence-corrected chi connectivity index (χ4v) is 4.80. The summed E-state index contributed by atoms with van der Waals surface area (Å²) in [6.07, 6.45) is 1.85. The number of primary amides is 1. The monoisotopic (exact) mass is 485 g/mol. The van der Waals surface area contributed by atoms with Crippen molar-refractivity contribution in [2.24, 2.45) is 5.73 Å². The molecule has 3 heterocycles. The Balaban J connectivity index is 1.67. The Kier molecular flexibility index (Phi) is 6.25. The molecular weight excluding hydrogens is 456 g/mol. The number of pyridine rings is 1. The van der Waals surface area contributed by atoms with E-state index in [1.165, 1.54) is 24.4 Å². The van der Waals surface area contributed by atoms with Crippen LogP contribution < -0.4 is 10.6 Å². The first-order valence-electron chi connectivity index (χ1n) is 11.5. The number of carbonyl (C=O) groups excluding carboxylic acids is 3. The lowest BCUT2D eigenvalue weighted by atomic mass is 9.89. The van der Waals surface area contributed by atoms with Gasteiger partial charge in [-0.15, -0.1) is 0 Å². The van der Waals surface area contributed by atoms with E-state index in [0.29, 0.717) is 29.9 Å². The second-order valence-electron chi connectivity index (χ2n) is 9.56. The van der Waals surface area contributed by atoms with E-state index in [-0.39, 0.29) is 43.1 Å². The zero-order valence-corrected chi connectivity index (χ0v) is 20.0. The summed E-state index contributed by atoms with van der Waals surface area (Å²) in [6.45, 7) is 5.27. The second-order valence-corrected chi connectivity index (χ2v) is 9.56. The molecule has 4 rings (SSSR count). The lowest BCUT2D eigenvalue weighted by Crippen LogP contribution is -2.69. The highest BCUT2D eigenvalue weighted by molar-refractivity contribution is 5.99. The van der Waals surface area contributed by atoms with Crippen LogP contribution in [-0.4, -0.2) is 63.7 Å². The SMILES string of the molecule is CC(C)N1CC(=O)N(Cc2ccc(C(C)(F)F)cc2)C2(CCN(c3cc(C(N)=O)ccn3)C2)C1=O. The molecule has 0 bridgehead atoms. The number of halogens is 2. The number of aromatic nitrogens is 1. The first-order valence-corrected chi connectivity index (χ1v) is 11.5. The molecule has 3 amide bonds. The number of nitrogens with two attached hydrogens (primary N) is 1. The largest absolute Gasteiger partial charge is 0.366 e. The van der Waals surface area contributed by atoms with Crippen LogP contribution >= 0.6 is 0 Å². The molecule has 1 atom stereocenters. The van der Waals surface area contributed by atoms with Gasteiger partial charge >= 0.3 is 0 Å². The molecule has 8 nitrogen and oxygen atoms in total. The third kappa shape index (κ3) is 4.56. The molecule has 2 aromatic rings. The Morgan fingerprint density at radius 1 is 1.20 bits per heavy atom. The number of anilines is 1. The quantitative estimate of drug-likeness (QED) is 0.678. The van der Waals surface area contributed by atoms with Crippen LogP contribution in [0, 0.1) is 0 Å². The zero-order chi connectivity index (χ0) is 25.5. The van der Waals surface area contributed by atoms with Crippen LogP contribution in [0.15, 0.2) is 42.6 Å². The molecule has 2 aliphatic rings. The number of nitrogens with zero attached hydrogens (tertiary/aromatic N) is 4. The standard InChI is InChI=1S/C25H29F2N5O3/c1-16(2)31-14-21(33)32(13-17-4-6-19(7-5-17)24(3,26)27)25(23(31)35)9-11-30(15-25)20-12-18(22(28)34)8-10-29-20/h4-8,10,12,16H,9,11,13-15H2,1-3H3,(H2,28,34). The van der Waals surface area contributed by atoms with Gasteiger partial charge in [0, 0.05) is 43.4 Å². The smallest absolute Gasteiger partial charge is 0.270 e. The number of hydrogen-bond acceptors (Lipinski definition) is 5. The van der Waals surface area contributed by atoms with Gasteiger partial charge in [0.05, 0.1) is 6.54 Å². The van der Waals surface area contributed by atoms with Crippen LogP contribution in [0.5, 0.6) is 0 Å². The summed E-state index contributed by atoms with van der Waals surface area (Å²) >= 11 is 0. The minimum atomic E-state index is -2.97. The van der Waals surface area contributed by atoms with E-state index in [1.807, 2.05) is 18.7 Å². The molecule has 0 aliphatic carbocycles. The normalized spacial score (nSPS) is 20.9.